The maximum atomic E-state index is 12.8. The number of morpholine rings is 1. The van der Waals surface area contributed by atoms with Crippen LogP contribution < -0.4 is 5.32 Å². The number of nitrogens with zero attached hydrogens (tertiary/aromatic N) is 2. The molecule has 26 heavy (non-hydrogen) atoms. The zero-order chi connectivity index (χ0) is 17.9. The van der Waals surface area contributed by atoms with Crippen LogP contribution >= 0.6 is 12.4 Å². The number of benzene rings is 1. The van der Waals surface area contributed by atoms with Crippen molar-refractivity contribution in [3.63, 3.8) is 0 Å². The molecule has 1 unspecified atom stereocenters. The third-order valence-corrected chi connectivity index (χ3v) is 6.66. The molecule has 1 amide bonds. The molecule has 0 aromatic heterocycles. The van der Waals surface area contributed by atoms with Crippen molar-refractivity contribution in [1.29, 1.82) is 0 Å². The second kappa shape index (κ2) is 9.14. The molecule has 2 fully saturated rings. The molecule has 146 valence electrons. The first-order valence-electron chi connectivity index (χ1n) is 8.64. The van der Waals surface area contributed by atoms with E-state index in [-0.39, 0.29) is 23.2 Å². The van der Waals surface area contributed by atoms with Crippen LogP contribution in [-0.4, -0.2) is 76.5 Å². The summed E-state index contributed by atoms with van der Waals surface area (Å²) in [5.41, 5.74) is 0.510. The average Bonchev–Trinajstić information content (AvgIpc) is 3.12. The highest BCUT2D eigenvalue weighted by atomic mass is 35.5. The fourth-order valence-corrected chi connectivity index (χ4v) is 4.87. The molecule has 7 nitrogen and oxygen atoms in total. The van der Waals surface area contributed by atoms with Crippen molar-refractivity contribution in [2.24, 2.45) is 5.92 Å². The van der Waals surface area contributed by atoms with Gasteiger partial charge in [-0.1, -0.05) is 0 Å². The van der Waals surface area contributed by atoms with E-state index in [9.17, 15) is 13.2 Å². The van der Waals surface area contributed by atoms with Gasteiger partial charge in [-0.2, -0.15) is 4.31 Å². The minimum absolute atomic E-state index is 0. The van der Waals surface area contributed by atoms with Crippen molar-refractivity contribution in [1.82, 2.24) is 14.5 Å². The Hall–Kier alpha value is -1.19. The quantitative estimate of drug-likeness (QED) is 0.787. The zero-order valence-electron chi connectivity index (χ0n) is 14.9. The van der Waals surface area contributed by atoms with Gasteiger partial charge in [0.15, 0.2) is 0 Å². The summed E-state index contributed by atoms with van der Waals surface area (Å²) in [6, 6.07) is 6.28. The van der Waals surface area contributed by atoms with Gasteiger partial charge in [0.2, 0.25) is 10.0 Å². The molecule has 3 rings (SSSR count). The van der Waals surface area contributed by atoms with Crippen LogP contribution in [0.25, 0.3) is 0 Å². The predicted octanol–water partition coefficient (Wildman–Crippen LogP) is 0.811. The number of hydrogen-bond donors (Lipinski definition) is 1. The van der Waals surface area contributed by atoms with E-state index >= 15 is 0 Å². The summed E-state index contributed by atoms with van der Waals surface area (Å²) in [4.78, 5) is 14.4. The molecule has 0 spiro atoms. The second-order valence-electron chi connectivity index (χ2n) is 6.50. The Morgan fingerprint density at radius 2 is 1.85 bits per heavy atom. The monoisotopic (exact) mass is 403 g/mol. The van der Waals surface area contributed by atoms with Crippen LogP contribution in [0.1, 0.15) is 16.8 Å². The Balaban J connectivity index is 0.00000243. The van der Waals surface area contributed by atoms with Crippen LogP contribution in [0.4, 0.5) is 0 Å². The highest BCUT2D eigenvalue weighted by molar-refractivity contribution is 7.89. The van der Waals surface area contributed by atoms with Gasteiger partial charge in [0.25, 0.3) is 5.91 Å². The van der Waals surface area contributed by atoms with Crippen molar-refractivity contribution in [3.05, 3.63) is 29.8 Å². The SMILES string of the molecule is CNCC1CCN(S(=O)(=O)c2ccc(C(=O)N3CCOCC3)cc2)C1.Cl. The minimum atomic E-state index is -3.50. The number of ether oxygens (including phenoxy) is 1. The summed E-state index contributed by atoms with van der Waals surface area (Å²) in [7, 11) is -1.62. The Morgan fingerprint density at radius 1 is 1.19 bits per heavy atom. The van der Waals surface area contributed by atoms with E-state index in [4.69, 9.17) is 4.74 Å². The number of halogens is 1. The normalized spacial score (nSPS) is 21.4. The predicted molar refractivity (Wildman–Crippen MR) is 101 cm³/mol. The number of carbonyl (C=O) groups is 1. The molecular weight excluding hydrogens is 378 g/mol. The van der Waals surface area contributed by atoms with Crippen LogP contribution in [0.5, 0.6) is 0 Å². The van der Waals surface area contributed by atoms with E-state index in [0.29, 0.717) is 50.9 Å². The molecule has 0 radical (unpaired) electrons. The Bertz CT molecular complexity index is 705. The summed E-state index contributed by atoms with van der Waals surface area (Å²) >= 11 is 0. The molecule has 0 aliphatic carbocycles. The van der Waals surface area contributed by atoms with E-state index in [1.165, 1.54) is 16.4 Å². The van der Waals surface area contributed by atoms with Crippen LogP contribution in [0.2, 0.25) is 0 Å². The van der Waals surface area contributed by atoms with Crippen LogP contribution in [0, 0.1) is 5.92 Å². The number of rotatable bonds is 5. The lowest BCUT2D eigenvalue weighted by atomic mass is 10.1. The number of nitrogens with one attached hydrogen (secondary N) is 1. The van der Waals surface area contributed by atoms with Crippen LogP contribution in [0.3, 0.4) is 0 Å². The lowest BCUT2D eigenvalue weighted by molar-refractivity contribution is 0.0303. The van der Waals surface area contributed by atoms with Gasteiger partial charge in [-0.05, 0) is 50.2 Å². The van der Waals surface area contributed by atoms with Gasteiger partial charge in [0.05, 0.1) is 18.1 Å². The molecule has 0 bridgehead atoms. The average molecular weight is 404 g/mol. The maximum absolute atomic E-state index is 12.8. The lowest BCUT2D eigenvalue weighted by Crippen LogP contribution is -2.40. The highest BCUT2D eigenvalue weighted by Gasteiger charge is 2.32. The number of hydrogen-bond acceptors (Lipinski definition) is 5. The van der Waals surface area contributed by atoms with Crippen molar-refractivity contribution in [3.8, 4) is 0 Å². The zero-order valence-corrected chi connectivity index (χ0v) is 16.5. The standard InChI is InChI=1S/C17H25N3O4S.ClH/c1-18-12-14-6-7-20(13-14)25(22,23)16-4-2-15(3-5-16)17(21)19-8-10-24-11-9-19;/h2-5,14,18H,6-13H2,1H3;1H. The first-order valence-corrected chi connectivity index (χ1v) is 10.1. The highest BCUT2D eigenvalue weighted by Crippen LogP contribution is 2.24. The summed E-state index contributed by atoms with van der Waals surface area (Å²) in [5, 5.41) is 3.10. The first-order chi connectivity index (χ1) is 12.0. The largest absolute Gasteiger partial charge is 0.378 e. The molecule has 1 N–H and O–H groups in total. The van der Waals surface area contributed by atoms with Crippen LogP contribution in [-0.2, 0) is 14.8 Å². The summed E-state index contributed by atoms with van der Waals surface area (Å²) in [6.07, 6.45) is 0.869. The topological polar surface area (TPSA) is 79.0 Å². The molecular formula is C17H26ClN3O4S. The van der Waals surface area contributed by atoms with Gasteiger partial charge in [-0.25, -0.2) is 8.42 Å². The Kier molecular flexibility index (Phi) is 7.42. The van der Waals surface area contributed by atoms with Gasteiger partial charge in [-0.3, -0.25) is 4.79 Å². The Morgan fingerprint density at radius 3 is 2.46 bits per heavy atom. The molecule has 1 atom stereocenters. The molecule has 0 saturated carbocycles. The smallest absolute Gasteiger partial charge is 0.254 e. The maximum Gasteiger partial charge on any atom is 0.254 e. The second-order valence-corrected chi connectivity index (χ2v) is 8.44. The Labute approximate surface area is 161 Å². The van der Waals surface area contributed by atoms with E-state index in [1.807, 2.05) is 7.05 Å². The van der Waals surface area contributed by atoms with E-state index in [1.54, 1.807) is 17.0 Å². The van der Waals surface area contributed by atoms with Gasteiger partial charge >= 0.3 is 0 Å². The van der Waals surface area contributed by atoms with Crippen LogP contribution in [0.15, 0.2) is 29.2 Å². The van der Waals surface area contributed by atoms with Crippen molar-refractivity contribution in [2.45, 2.75) is 11.3 Å². The van der Waals surface area contributed by atoms with Gasteiger partial charge < -0.3 is 15.0 Å². The van der Waals surface area contributed by atoms with E-state index in [2.05, 4.69) is 5.32 Å². The number of sulfonamides is 1. The summed E-state index contributed by atoms with van der Waals surface area (Å²) in [5.74, 6) is 0.268. The fraction of sp³-hybridized carbons (Fsp3) is 0.588. The van der Waals surface area contributed by atoms with Gasteiger partial charge in [0.1, 0.15) is 0 Å². The number of carbonyl (C=O) groups excluding carboxylic acids is 1. The third-order valence-electron chi connectivity index (χ3n) is 4.78. The molecule has 2 saturated heterocycles. The lowest BCUT2D eigenvalue weighted by Gasteiger charge is -2.27. The molecule has 1 aromatic carbocycles. The summed E-state index contributed by atoms with van der Waals surface area (Å²) < 4.78 is 32.3. The first kappa shape index (κ1) is 21.1. The van der Waals surface area contributed by atoms with Crippen molar-refractivity contribution >= 4 is 28.3 Å². The summed E-state index contributed by atoms with van der Waals surface area (Å²) in [6.45, 7) is 4.13. The number of amides is 1. The molecule has 9 heteroatoms. The fourth-order valence-electron chi connectivity index (χ4n) is 3.34. The van der Waals surface area contributed by atoms with Gasteiger partial charge in [-0.15, -0.1) is 12.4 Å². The molecule has 2 aliphatic heterocycles. The molecule has 2 heterocycles. The third kappa shape index (κ3) is 4.55. The van der Waals surface area contributed by atoms with E-state index in [0.717, 1.165) is 13.0 Å². The van der Waals surface area contributed by atoms with Crippen molar-refractivity contribution < 1.29 is 17.9 Å². The minimum Gasteiger partial charge on any atom is -0.378 e. The van der Waals surface area contributed by atoms with Gasteiger partial charge in [0, 0.05) is 31.7 Å². The van der Waals surface area contributed by atoms with E-state index < -0.39 is 10.0 Å². The van der Waals surface area contributed by atoms with Crippen molar-refractivity contribution in [2.75, 3.05) is 53.0 Å². The molecule has 2 aliphatic rings. The molecule has 1 aromatic rings.